The molecule has 20 heavy (non-hydrogen) atoms. The average molecular weight is 276 g/mol. The molecule has 1 aromatic carbocycles. The van der Waals surface area contributed by atoms with Crippen LogP contribution in [0, 0.1) is 12.8 Å². The Kier molecular flexibility index (Phi) is 4.39. The normalized spacial score (nSPS) is 19.8. The van der Waals surface area contributed by atoms with Crippen molar-refractivity contribution >= 4 is 17.5 Å². The number of aliphatic hydroxyl groups is 1. The summed E-state index contributed by atoms with van der Waals surface area (Å²) in [6, 6.07) is 7.31. The van der Waals surface area contributed by atoms with Gasteiger partial charge in [0.15, 0.2) is 0 Å². The lowest BCUT2D eigenvalue weighted by Gasteiger charge is -2.17. The number of aryl methyl sites for hydroxylation is 1. The molecule has 1 aliphatic rings. The van der Waals surface area contributed by atoms with Crippen molar-refractivity contribution < 1.29 is 14.7 Å². The minimum absolute atomic E-state index is 0.0609. The maximum atomic E-state index is 12.0. The Morgan fingerprint density at radius 2 is 2.20 bits per heavy atom. The van der Waals surface area contributed by atoms with Gasteiger partial charge in [-0.25, -0.2) is 0 Å². The Morgan fingerprint density at radius 1 is 1.45 bits per heavy atom. The molecule has 2 rings (SSSR count). The van der Waals surface area contributed by atoms with Gasteiger partial charge in [0.2, 0.25) is 0 Å². The molecule has 2 atom stereocenters. The van der Waals surface area contributed by atoms with Crippen LogP contribution in [0.2, 0.25) is 0 Å². The van der Waals surface area contributed by atoms with Crippen LogP contribution in [-0.2, 0) is 9.59 Å². The molecule has 5 nitrogen and oxygen atoms in total. The van der Waals surface area contributed by atoms with Crippen LogP contribution < -0.4 is 5.32 Å². The van der Waals surface area contributed by atoms with Crippen molar-refractivity contribution in [3.63, 3.8) is 0 Å². The number of anilines is 1. The van der Waals surface area contributed by atoms with E-state index in [1.807, 2.05) is 25.1 Å². The molecule has 0 saturated carbocycles. The molecule has 1 aliphatic heterocycles. The topological polar surface area (TPSA) is 69.6 Å². The Balaban J connectivity index is 1.95. The van der Waals surface area contributed by atoms with Crippen LogP contribution in [0.1, 0.15) is 18.9 Å². The lowest BCUT2D eigenvalue weighted by atomic mass is 10.0. The van der Waals surface area contributed by atoms with Crippen LogP contribution in [0.4, 0.5) is 5.69 Å². The minimum Gasteiger partial charge on any atom is -0.393 e. The van der Waals surface area contributed by atoms with Gasteiger partial charge in [-0.15, -0.1) is 0 Å². The first kappa shape index (κ1) is 14.5. The Morgan fingerprint density at radius 3 is 2.80 bits per heavy atom. The molecule has 2 unspecified atom stereocenters. The lowest BCUT2D eigenvalue weighted by molar-refractivity contribution is -0.142. The summed E-state index contributed by atoms with van der Waals surface area (Å²) >= 11 is 0. The number of aliphatic hydroxyl groups excluding tert-OH is 1. The molecule has 0 aromatic heterocycles. The smallest absolute Gasteiger partial charge is 0.313 e. The number of nitrogens with zero attached hydrogens (tertiary/aromatic N) is 1. The molecular formula is C15H20N2O3. The first-order chi connectivity index (χ1) is 9.47. The summed E-state index contributed by atoms with van der Waals surface area (Å²) in [5.74, 6) is -1.10. The highest BCUT2D eigenvalue weighted by Crippen LogP contribution is 2.20. The van der Waals surface area contributed by atoms with Crippen LogP contribution in [0.15, 0.2) is 24.3 Å². The lowest BCUT2D eigenvalue weighted by Crippen LogP contribution is -2.38. The van der Waals surface area contributed by atoms with E-state index in [0.29, 0.717) is 18.8 Å². The molecule has 1 heterocycles. The summed E-state index contributed by atoms with van der Waals surface area (Å²) < 4.78 is 0. The van der Waals surface area contributed by atoms with E-state index in [-0.39, 0.29) is 5.92 Å². The van der Waals surface area contributed by atoms with Gasteiger partial charge >= 0.3 is 11.8 Å². The number of rotatable bonds is 2. The maximum Gasteiger partial charge on any atom is 0.313 e. The van der Waals surface area contributed by atoms with E-state index in [9.17, 15) is 14.7 Å². The zero-order chi connectivity index (χ0) is 14.7. The van der Waals surface area contributed by atoms with Gasteiger partial charge in [-0.1, -0.05) is 12.1 Å². The summed E-state index contributed by atoms with van der Waals surface area (Å²) in [5.41, 5.74) is 1.64. The fraction of sp³-hybridized carbons (Fsp3) is 0.467. The molecule has 1 saturated heterocycles. The predicted molar refractivity (Wildman–Crippen MR) is 76.2 cm³/mol. The van der Waals surface area contributed by atoms with E-state index in [4.69, 9.17) is 0 Å². The van der Waals surface area contributed by atoms with Crippen LogP contribution in [-0.4, -0.2) is 41.0 Å². The largest absolute Gasteiger partial charge is 0.393 e. The quantitative estimate of drug-likeness (QED) is 0.796. The third kappa shape index (κ3) is 3.36. The van der Waals surface area contributed by atoms with Crippen LogP contribution in [0.5, 0.6) is 0 Å². The summed E-state index contributed by atoms with van der Waals surface area (Å²) in [7, 11) is 0. The molecule has 2 N–H and O–H groups in total. The standard InChI is InChI=1S/C15H20N2O3/c1-10-4-3-5-13(8-10)16-14(19)15(20)17-7-6-12(9-17)11(2)18/h3-5,8,11-12,18H,6-7,9H2,1-2H3,(H,16,19). The Bertz CT molecular complexity index is 514. The zero-order valence-electron chi connectivity index (χ0n) is 11.8. The third-order valence-electron chi connectivity index (χ3n) is 3.66. The van der Waals surface area contributed by atoms with Gasteiger partial charge in [0, 0.05) is 24.7 Å². The van der Waals surface area contributed by atoms with E-state index in [0.717, 1.165) is 12.0 Å². The zero-order valence-corrected chi connectivity index (χ0v) is 11.8. The maximum absolute atomic E-state index is 12.0. The van der Waals surface area contributed by atoms with E-state index in [1.54, 1.807) is 13.0 Å². The number of carbonyl (C=O) groups is 2. The first-order valence-corrected chi connectivity index (χ1v) is 6.82. The van der Waals surface area contributed by atoms with Crippen molar-refractivity contribution in [1.29, 1.82) is 0 Å². The number of amides is 2. The number of benzene rings is 1. The summed E-state index contributed by atoms with van der Waals surface area (Å²) in [6.45, 7) is 4.60. The second-order valence-corrected chi connectivity index (χ2v) is 5.36. The average Bonchev–Trinajstić information content (AvgIpc) is 2.87. The number of nitrogens with one attached hydrogen (secondary N) is 1. The number of hydrogen-bond donors (Lipinski definition) is 2. The SMILES string of the molecule is Cc1cccc(NC(=O)C(=O)N2CCC(C(C)O)C2)c1. The second-order valence-electron chi connectivity index (χ2n) is 5.36. The van der Waals surface area contributed by atoms with Gasteiger partial charge in [0.05, 0.1) is 6.10 Å². The van der Waals surface area contributed by atoms with E-state index < -0.39 is 17.9 Å². The van der Waals surface area contributed by atoms with Gasteiger partial charge in [-0.3, -0.25) is 9.59 Å². The van der Waals surface area contributed by atoms with Gasteiger partial charge in [-0.2, -0.15) is 0 Å². The molecule has 1 aromatic rings. The van der Waals surface area contributed by atoms with Crippen LogP contribution >= 0.6 is 0 Å². The molecule has 0 bridgehead atoms. The minimum atomic E-state index is -0.623. The van der Waals surface area contributed by atoms with E-state index >= 15 is 0 Å². The summed E-state index contributed by atoms with van der Waals surface area (Å²) in [6.07, 6.45) is 0.286. The van der Waals surface area contributed by atoms with Crippen LogP contribution in [0.25, 0.3) is 0 Å². The van der Waals surface area contributed by atoms with E-state index in [2.05, 4.69) is 5.32 Å². The van der Waals surface area contributed by atoms with Crippen molar-refractivity contribution in [2.75, 3.05) is 18.4 Å². The summed E-state index contributed by atoms with van der Waals surface area (Å²) in [5, 5.41) is 12.1. The number of likely N-dealkylation sites (tertiary alicyclic amines) is 1. The van der Waals surface area contributed by atoms with Crippen molar-refractivity contribution in [3.8, 4) is 0 Å². The van der Waals surface area contributed by atoms with Crippen molar-refractivity contribution in [2.24, 2.45) is 5.92 Å². The molecule has 5 heteroatoms. The monoisotopic (exact) mass is 276 g/mol. The first-order valence-electron chi connectivity index (χ1n) is 6.82. The Hall–Kier alpha value is -1.88. The molecule has 108 valence electrons. The molecule has 2 amide bonds. The Labute approximate surface area is 118 Å². The number of hydrogen-bond acceptors (Lipinski definition) is 3. The van der Waals surface area contributed by atoms with E-state index in [1.165, 1.54) is 4.90 Å². The van der Waals surface area contributed by atoms with Crippen molar-refractivity contribution in [3.05, 3.63) is 29.8 Å². The molecule has 0 aliphatic carbocycles. The highest BCUT2D eigenvalue weighted by atomic mass is 16.3. The van der Waals surface area contributed by atoms with Crippen LogP contribution in [0.3, 0.4) is 0 Å². The molecule has 0 spiro atoms. The molecular weight excluding hydrogens is 256 g/mol. The van der Waals surface area contributed by atoms with Gasteiger partial charge in [-0.05, 0) is 38.0 Å². The predicted octanol–water partition coefficient (Wildman–Crippen LogP) is 1.16. The number of carbonyl (C=O) groups excluding carboxylic acids is 2. The fourth-order valence-electron chi connectivity index (χ4n) is 2.42. The van der Waals surface area contributed by atoms with Gasteiger partial charge in [0.25, 0.3) is 0 Å². The highest BCUT2D eigenvalue weighted by Gasteiger charge is 2.32. The fourth-order valence-corrected chi connectivity index (χ4v) is 2.42. The van der Waals surface area contributed by atoms with Gasteiger partial charge < -0.3 is 15.3 Å². The second kappa shape index (κ2) is 6.05. The van der Waals surface area contributed by atoms with Crippen molar-refractivity contribution in [1.82, 2.24) is 4.90 Å². The summed E-state index contributed by atoms with van der Waals surface area (Å²) in [4.78, 5) is 25.5. The highest BCUT2D eigenvalue weighted by molar-refractivity contribution is 6.39. The molecule has 1 fully saturated rings. The van der Waals surface area contributed by atoms with Crippen molar-refractivity contribution in [2.45, 2.75) is 26.4 Å². The van der Waals surface area contributed by atoms with Gasteiger partial charge in [0.1, 0.15) is 0 Å². The molecule has 0 radical (unpaired) electrons. The third-order valence-corrected chi connectivity index (χ3v) is 3.66.